The number of esters is 1. The number of rotatable bonds is 12. The van der Waals surface area contributed by atoms with Gasteiger partial charge in [0, 0.05) is 18.8 Å². The second-order valence-corrected chi connectivity index (χ2v) is 8.73. The van der Waals surface area contributed by atoms with Crippen molar-refractivity contribution in [2.24, 2.45) is 11.8 Å². The van der Waals surface area contributed by atoms with Crippen molar-refractivity contribution in [2.75, 3.05) is 0 Å². The summed E-state index contributed by atoms with van der Waals surface area (Å²) in [6.45, 7) is 3.68. The lowest BCUT2D eigenvalue weighted by Gasteiger charge is -2.19. The molecule has 5 heteroatoms. The van der Waals surface area contributed by atoms with E-state index in [4.69, 9.17) is 4.74 Å². The van der Waals surface area contributed by atoms with Gasteiger partial charge in [-0.05, 0) is 57.4 Å². The SMILES string of the molecule is CC(C)OC(=O)CCC/C=C/C[C@@H]1[C@@H](C=C[C@@H](O)CCc2ccccc2)[C@H](O)C[C@@H]1O. The van der Waals surface area contributed by atoms with Crippen LogP contribution >= 0.6 is 0 Å². The number of unbranched alkanes of at least 4 members (excludes halogenated alkanes) is 1. The van der Waals surface area contributed by atoms with Crippen LogP contribution in [0.2, 0.25) is 0 Å². The van der Waals surface area contributed by atoms with Gasteiger partial charge in [-0.25, -0.2) is 0 Å². The molecule has 1 saturated carbocycles. The molecule has 1 fully saturated rings. The summed E-state index contributed by atoms with van der Waals surface area (Å²) in [5.74, 6) is -0.421. The first kappa shape index (κ1) is 25.3. The molecule has 172 valence electrons. The number of benzene rings is 1. The van der Waals surface area contributed by atoms with Gasteiger partial charge in [0.25, 0.3) is 0 Å². The normalized spacial score (nSPS) is 25.0. The van der Waals surface area contributed by atoms with E-state index in [-0.39, 0.29) is 23.9 Å². The van der Waals surface area contributed by atoms with E-state index in [1.165, 1.54) is 5.56 Å². The van der Waals surface area contributed by atoms with Gasteiger partial charge in [-0.15, -0.1) is 0 Å². The van der Waals surface area contributed by atoms with Crippen LogP contribution in [-0.2, 0) is 16.0 Å². The third-order valence-corrected chi connectivity index (χ3v) is 5.74. The molecule has 31 heavy (non-hydrogen) atoms. The fraction of sp³-hybridized carbons (Fsp3) is 0.577. The molecule has 1 aromatic rings. The molecule has 3 N–H and O–H groups in total. The third kappa shape index (κ3) is 9.38. The topological polar surface area (TPSA) is 87.0 Å². The maximum absolute atomic E-state index is 11.5. The first-order valence-corrected chi connectivity index (χ1v) is 11.5. The van der Waals surface area contributed by atoms with Gasteiger partial charge in [-0.3, -0.25) is 4.79 Å². The van der Waals surface area contributed by atoms with Crippen molar-refractivity contribution in [3.05, 3.63) is 60.2 Å². The van der Waals surface area contributed by atoms with Gasteiger partial charge in [0.2, 0.25) is 0 Å². The highest BCUT2D eigenvalue weighted by Crippen LogP contribution is 2.36. The number of carbonyl (C=O) groups excluding carboxylic acids is 1. The number of aliphatic hydroxyl groups is 3. The first-order valence-electron chi connectivity index (χ1n) is 11.5. The average molecular weight is 431 g/mol. The van der Waals surface area contributed by atoms with Crippen LogP contribution in [0.25, 0.3) is 0 Å². The molecular formula is C26H38O5. The Morgan fingerprint density at radius 3 is 2.61 bits per heavy atom. The molecule has 0 spiro atoms. The summed E-state index contributed by atoms with van der Waals surface area (Å²) >= 11 is 0. The van der Waals surface area contributed by atoms with Crippen LogP contribution in [0.4, 0.5) is 0 Å². The maximum atomic E-state index is 11.5. The third-order valence-electron chi connectivity index (χ3n) is 5.74. The zero-order valence-corrected chi connectivity index (χ0v) is 18.8. The molecule has 0 bridgehead atoms. The highest BCUT2D eigenvalue weighted by atomic mass is 16.5. The molecule has 2 rings (SSSR count). The van der Waals surface area contributed by atoms with E-state index < -0.39 is 18.3 Å². The minimum absolute atomic E-state index is 0.0743. The molecule has 1 aliphatic rings. The summed E-state index contributed by atoms with van der Waals surface area (Å²) < 4.78 is 5.11. The van der Waals surface area contributed by atoms with Gasteiger partial charge in [0.15, 0.2) is 0 Å². The van der Waals surface area contributed by atoms with Gasteiger partial charge >= 0.3 is 5.97 Å². The molecule has 0 radical (unpaired) electrons. The minimum atomic E-state index is -0.600. The fourth-order valence-corrected chi connectivity index (χ4v) is 4.08. The van der Waals surface area contributed by atoms with E-state index in [9.17, 15) is 20.1 Å². The predicted molar refractivity (Wildman–Crippen MR) is 122 cm³/mol. The van der Waals surface area contributed by atoms with Crippen LogP contribution < -0.4 is 0 Å². The lowest BCUT2D eigenvalue weighted by Crippen LogP contribution is -2.20. The molecule has 0 aliphatic heterocycles. The van der Waals surface area contributed by atoms with Crippen LogP contribution in [0, 0.1) is 11.8 Å². The molecule has 0 aromatic heterocycles. The number of hydrogen-bond acceptors (Lipinski definition) is 5. The van der Waals surface area contributed by atoms with Crippen molar-refractivity contribution in [2.45, 2.75) is 83.2 Å². The number of ether oxygens (including phenoxy) is 1. The Hall–Kier alpha value is -1.95. The Morgan fingerprint density at radius 1 is 1.16 bits per heavy atom. The first-order chi connectivity index (χ1) is 14.9. The van der Waals surface area contributed by atoms with E-state index in [0.717, 1.165) is 19.3 Å². The van der Waals surface area contributed by atoms with Gasteiger partial charge in [0.1, 0.15) is 0 Å². The predicted octanol–water partition coefficient (Wildman–Crippen LogP) is 3.96. The fourth-order valence-electron chi connectivity index (χ4n) is 4.08. The quantitative estimate of drug-likeness (QED) is 0.265. The Kier molecular flexibility index (Phi) is 11.0. The molecule has 5 atom stereocenters. The average Bonchev–Trinajstić information content (AvgIpc) is 3.00. The number of aliphatic hydroxyl groups excluding tert-OH is 3. The van der Waals surface area contributed by atoms with Crippen molar-refractivity contribution in [1.82, 2.24) is 0 Å². The summed E-state index contributed by atoms with van der Waals surface area (Å²) in [6, 6.07) is 10.0. The zero-order chi connectivity index (χ0) is 22.6. The lowest BCUT2D eigenvalue weighted by molar-refractivity contribution is -0.147. The number of carbonyl (C=O) groups is 1. The van der Waals surface area contributed by atoms with Gasteiger partial charge in [-0.1, -0.05) is 54.6 Å². The van der Waals surface area contributed by atoms with Crippen LogP contribution in [-0.4, -0.2) is 45.7 Å². The smallest absolute Gasteiger partial charge is 0.306 e. The minimum Gasteiger partial charge on any atom is -0.463 e. The number of aryl methyl sites for hydroxylation is 1. The molecule has 1 aromatic carbocycles. The molecule has 0 heterocycles. The van der Waals surface area contributed by atoms with Crippen molar-refractivity contribution < 1.29 is 24.9 Å². The van der Waals surface area contributed by atoms with Gasteiger partial charge in [-0.2, -0.15) is 0 Å². The molecule has 0 saturated heterocycles. The van der Waals surface area contributed by atoms with Crippen molar-refractivity contribution in [3.63, 3.8) is 0 Å². The largest absolute Gasteiger partial charge is 0.463 e. The number of allylic oxidation sites excluding steroid dienone is 2. The summed E-state index contributed by atoms with van der Waals surface area (Å²) in [6.07, 6.45) is 10.2. The highest BCUT2D eigenvalue weighted by Gasteiger charge is 2.39. The van der Waals surface area contributed by atoms with Crippen LogP contribution in [0.5, 0.6) is 0 Å². The van der Waals surface area contributed by atoms with Crippen molar-refractivity contribution in [3.8, 4) is 0 Å². The molecular weight excluding hydrogens is 392 g/mol. The Bertz CT molecular complexity index is 697. The Morgan fingerprint density at radius 2 is 1.90 bits per heavy atom. The van der Waals surface area contributed by atoms with E-state index in [0.29, 0.717) is 25.7 Å². The van der Waals surface area contributed by atoms with Crippen LogP contribution in [0.1, 0.15) is 57.9 Å². The van der Waals surface area contributed by atoms with E-state index in [2.05, 4.69) is 0 Å². The van der Waals surface area contributed by atoms with E-state index in [1.54, 1.807) is 6.08 Å². The van der Waals surface area contributed by atoms with E-state index >= 15 is 0 Å². The van der Waals surface area contributed by atoms with Crippen molar-refractivity contribution in [1.29, 1.82) is 0 Å². The lowest BCUT2D eigenvalue weighted by atomic mass is 9.89. The van der Waals surface area contributed by atoms with Crippen LogP contribution in [0.15, 0.2) is 54.6 Å². The summed E-state index contributed by atoms with van der Waals surface area (Å²) in [5.41, 5.74) is 1.19. The summed E-state index contributed by atoms with van der Waals surface area (Å²) in [5, 5.41) is 31.0. The van der Waals surface area contributed by atoms with Crippen LogP contribution in [0.3, 0.4) is 0 Å². The van der Waals surface area contributed by atoms with Gasteiger partial charge < -0.3 is 20.1 Å². The number of hydrogen-bond donors (Lipinski definition) is 3. The molecule has 1 aliphatic carbocycles. The van der Waals surface area contributed by atoms with Gasteiger partial charge in [0.05, 0.1) is 24.4 Å². The maximum Gasteiger partial charge on any atom is 0.306 e. The molecule has 0 unspecified atom stereocenters. The standard InChI is InChI=1S/C26H38O5/c1-19(2)31-26(30)13-9-4-3-8-12-22-23(25(29)18-24(22)28)17-16-21(27)15-14-20-10-6-5-7-11-20/h3,5-8,10-11,16-17,19,21-25,27-29H,4,9,12-15,18H2,1-2H3/b8-3+,17-16?/t21-,22+,23+,24-,25+/m0/s1. The second kappa shape index (κ2) is 13.5. The summed E-state index contributed by atoms with van der Waals surface area (Å²) in [7, 11) is 0. The highest BCUT2D eigenvalue weighted by molar-refractivity contribution is 5.69. The second-order valence-electron chi connectivity index (χ2n) is 8.73. The Balaban J connectivity index is 1.77. The zero-order valence-electron chi connectivity index (χ0n) is 18.8. The molecule has 5 nitrogen and oxygen atoms in total. The molecule has 0 amide bonds. The Labute approximate surface area is 186 Å². The van der Waals surface area contributed by atoms with E-state index in [1.807, 2.05) is 62.4 Å². The summed E-state index contributed by atoms with van der Waals surface area (Å²) in [4.78, 5) is 11.5. The van der Waals surface area contributed by atoms with Crippen molar-refractivity contribution >= 4 is 5.97 Å². The monoisotopic (exact) mass is 430 g/mol.